The van der Waals surface area contributed by atoms with Crippen LogP contribution in [0, 0.1) is 6.92 Å². The first-order chi connectivity index (χ1) is 15.0. The third kappa shape index (κ3) is 4.29. The molecule has 31 heavy (non-hydrogen) atoms. The van der Waals surface area contributed by atoms with Crippen LogP contribution < -0.4 is 4.74 Å². The lowest BCUT2D eigenvalue weighted by Crippen LogP contribution is -2.28. The molecule has 0 spiro atoms. The number of aryl methyl sites for hydroxylation is 1. The molecule has 5 nitrogen and oxygen atoms in total. The van der Waals surface area contributed by atoms with E-state index in [0.29, 0.717) is 15.8 Å². The molecule has 3 aromatic rings. The van der Waals surface area contributed by atoms with Gasteiger partial charge < -0.3 is 4.74 Å². The Morgan fingerprint density at radius 3 is 2.65 bits per heavy atom. The SMILES string of the molecule is CCCN1C(=O)/C(=C/c2cn(-c3ccccc3)nc2-c2ccc(OC)cc2C)SC1=S. The van der Waals surface area contributed by atoms with Gasteiger partial charge in [-0.05, 0) is 55.3 Å². The van der Waals surface area contributed by atoms with Crippen molar-refractivity contribution in [1.82, 2.24) is 14.7 Å². The number of aromatic nitrogens is 2. The number of para-hydroxylation sites is 1. The number of nitrogens with zero attached hydrogens (tertiary/aromatic N) is 3. The molecule has 0 atom stereocenters. The van der Waals surface area contributed by atoms with Crippen molar-refractivity contribution in [2.45, 2.75) is 20.3 Å². The van der Waals surface area contributed by atoms with E-state index >= 15 is 0 Å². The second-order valence-electron chi connectivity index (χ2n) is 7.23. The molecule has 4 rings (SSSR count). The minimum absolute atomic E-state index is 0.0401. The summed E-state index contributed by atoms with van der Waals surface area (Å²) < 4.78 is 7.81. The van der Waals surface area contributed by atoms with E-state index in [-0.39, 0.29) is 5.91 Å². The molecule has 1 aliphatic rings. The second kappa shape index (κ2) is 9.08. The van der Waals surface area contributed by atoms with Crippen molar-refractivity contribution in [3.8, 4) is 22.7 Å². The number of benzene rings is 2. The summed E-state index contributed by atoms with van der Waals surface area (Å²) in [4.78, 5) is 15.2. The number of ether oxygens (including phenoxy) is 1. The third-order valence-corrected chi connectivity index (χ3v) is 6.44. The fourth-order valence-corrected chi connectivity index (χ4v) is 4.80. The number of amides is 1. The average Bonchev–Trinajstić information content (AvgIpc) is 3.31. The first-order valence-electron chi connectivity index (χ1n) is 10.1. The molecule has 158 valence electrons. The van der Waals surface area contributed by atoms with Gasteiger partial charge in [-0.1, -0.05) is 49.1 Å². The summed E-state index contributed by atoms with van der Waals surface area (Å²) >= 11 is 6.77. The van der Waals surface area contributed by atoms with Crippen molar-refractivity contribution >= 4 is 40.3 Å². The van der Waals surface area contributed by atoms with Crippen molar-refractivity contribution in [3.05, 3.63) is 70.8 Å². The first-order valence-corrected chi connectivity index (χ1v) is 11.3. The molecule has 0 bridgehead atoms. The van der Waals surface area contributed by atoms with Crippen LogP contribution in [0.4, 0.5) is 0 Å². The topological polar surface area (TPSA) is 47.4 Å². The van der Waals surface area contributed by atoms with Crippen LogP contribution in [0.2, 0.25) is 0 Å². The summed E-state index contributed by atoms with van der Waals surface area (Å²) in [5.41, 5.74) is 4.67. The van der Waals surface area contributed by atoms with Gasteiger partial charge in [-0.2, -0.15) is 5.10 Å². The summed E-state index contributed by atoms with van der Waals surface area (Å²) in [7, 11) is 1.66. The smallest absolute Gasteiger partial charge is 0.266 e. The number of methoxy groups -OCH3 is 1. The summed E-state index contributed by atoms with van der Waals surface area (Å²) in [5, 5.41) is 4.87. The van der Waals surface area contributed by atoms with E-state index in [2.05, 4.69) is 0 Å². The molecule has 0 N–H and O–H groups in total. The number of carbonyl (C=O) groups is 1. The fraction of sp³-hybridized carbons (Fsp3) is 0.208. The Kier molecular flexibility index (Phi) is 6.25. The Morgan fingerprint density at radius 2 is 1.97 bits per heavy atom. The van der Waals surface area contributed by atoms with E-state index in [1.807, 2.05) is 79.3 Å². The van der Waals surface area contributed by atoms with Gasteiger partial charge in [-0.25, -0.2) is 4.68 Å². The highest BCUT2D eigenvalue weighted by atomic mass is 32.2. The largest absolute Gasteiger partial charge is 0.497 e. The predicted molar refractivity (Wildman–Crippen MR) is 130 cm³/mol. The maximum absolute atomic E-state index is 12.9. The third-order valence-electron chi connectivity index (χ3n) is 5.06. The molecule has 0 saturated carbocycles. The first kappa shape index (κ1) is 21.3. The Labute approximate surface area is 191 Å². The maximum atomic E-state index is 12.9. The van der Waals surface area contributed by atoms with E-state index in [1.54, 1.807) is 12.0 Å². The van der Waals surface area contributed by atoms with Crippen molar-refractivity contribution in [2.75, 3.05) is 13.7 Å². The molecule has 0 radical (unpaired) electrons. The van der Waals surface area contributed by atoms with Crippen LogP contribution in [-0.2, 0) is 4.79 Å². The van der Waals surface area contributed by atoms with Crippen LogP contribution >= 0.6 is 24.0 Å². The van der Waals surface area contributed by atoms with Gasteiger partial charge >= 0.3 is 0 Å². The Hall–Kier alpha value is -2.90. The summed E-state index contributed by atoms with van der Waals surface area (Å²) in [6, 6.07) is 15.8. The van der Waals surface area contributed by atoms with E-state index in [1.165, 1.54) is 11.8 Å². The molecule has 1 saturated heterocycles. The summed E-state index contributed by atoms with van der Waals surface area (Å²) in [6.07, 6.45) is 4.73. The van der Waals surface area contributed by atoms with Crippen molar-refractivity contribution in [3.63, 3.8) is 0 Å². The van der Waals surface area contributed by atoms with Crippen LogP contribution in [0.25, 0.3) is 23.0 Å². The van der Waals surface area contributed by atoms with Gasteiger partial charge in [-0.3, -0.25) is 9.69 Å². The van der Waals surface area contributed by atoms with E-state index in [0.717, 1.165) is 40.2 Å². The number of thiocarbonyl (C=S) groups is 1. The molecule has 2 aromatic carbocycles. The lowest BCUT2D eigenvalue weighted by Gasteiger charge is -2.11. The molecular weight excluding hydrogens is 426 g/mol. The van der Waals surface area contributed by atoms with Gasteiger partial charge in [0.25, 0.3) is 5.91 Å². The zero-order valence-electron chi connectivity index (χ0n) is 17.7. The zero-order chi connectivity index (χ0) is 22.0. The lowest BCUT2D eigenvalue weighted by atomic mass is 10.0. The average molecular weight is 450 g/mol. The molecule has 1 aromatic heterocycles. The minimum atomic E-state index is -0.0401. The Morgan fingerprint density at radius 1 is 1.19 bits per heavy atom. The number of hydrogen-bond acceptors (Lipinski definition) is 5. The van der Waals surface area contributed by atoms with Crippen molar-refractivity contribution < 1.29 is 9.53 Å². The van der Waals surface area contributed by atoms with E-state index < -0.39 is 0 Å². The van der Waals surface area contributed by atoms with Crippen LogP contribution in [0.1, 0.15) is 24.5 Å². The highest BCUT2D eigenvalue weighted by Crippen LogP contribution is 2.36. The van der Waals surface area contributed by atoms with Gasteiger partial charge in [0, 0.05) is 23.9 Å². The van der Waals surface area contributed by atoms with Crippen LogP contribution in [0.5, 0.6) is 5.75 Å². The number of thioether (sulfide) groups is 1. The van der Waals surface area contributed by atoms with Crippen LogP contribution in [0.3, 0.4) is 0 Å². The molecule has 1 aliphatic heterocycles. The molecular formula is C24H23N3O2S2. The van der Waals surface area contributed by atoms with Gasteiger partial charge in [0.2, 0.25) is 0 Å². The summed E-state index contributed by atoms with van der Waals surface area (Å²) in [6.45, 7) is 4.70. The predicted octanol–water partition coefficient (Wildman–Crippen LogP) is 5.47. The number of carbonyl (C=O) groups excluding carboxylic acids is 1. The van der Waals surface area contributed by atoms with Gasteiger partial charge in [0.05, 0.1) is 17.7 Å². The van der Waals surface area contributed by atoms with Crippen molar-refractivity contribution in [2.24, 2.45) is 0 Å². The number of hydrogen-bond donors (Lipinski definition) is 0. The minimum Gasteiger partial charge on any atom is -0.497 e. The zero-order valence-corrected chi connectivity index (χ0v) is 19.3. The monoisotopic (exact) mass is 449 g/mol. The van der Waals surface area contributed by atoms with Crippen LogP contribution in [0.15, 0.2) is 59.6 Å². The summed E-state index contributed by atoms with van der Waals surface area (Å²) in [5.74, 6) is 0.757. The van der Waals surface area contributed by atoms with Crippen molar-refractivity contribution in [1.29, 1.82) is 0 Å². The molecule has 0 unspecified atom stereocenters. The molecule has 2 heterocycles. The highest BCUT2D eigenvalue weighted by Gasteiger charge is 2.31. The fourth-order valence-electron chi connectivity index (χ4n) is 3.50. The molecule has 1 fully saturated rings. The molecule has 1 amide bonds. The standard InChI is InChI=1S/C24H23N3O2S2/c1-4-12-26-23(28)21(31-24(26)30)14-17-15-27(18-8-6-5-7-9-18)25-22(17)20-11-10-19(29-3)13-16(20)2/h5-11,13-15H,4,12H2,1-3H3/b21-14-. The van der Waals surface area contributed by atoms with E-state index in [9.17, 15) is 4.79 Å². The van der Waals surface area contributed by atoms with E-state index in [4.69, 9.17) is 22.1 Å². The Balaban J connectivity index is 1.82. The van der Waals surface area contributed by atoms with Gasteiger partial charge in [-0.15, -0.1) is 0 Å². The van der Waals surface area contributed by atoms with Gasteiger partial charge in [0.15, 0.2) is 0 Å². The normalized spacial score (nSPS) is 15.2. The second-order valence-corrected chi connectivity index (χ2v) is 8.90. The number of rotatable bonds is 6. The molecule has 7 heteroatoms. The van der Waals surface area contributed by atoms with Gasteiger partial charge in [0.1, 0.15) is 15.8 Å². The lowest BCUT2D eigenvalue weighted by molar-refractivity contribution is -0.122. The molecule has 0 aliphatic carbocycles. The van der Waals surface area contributed by atoms with Crippen LogP contribution in [-0.4, -0.2) is 38.6 Å². The Bertz CT molecular complexity index is 1170. The quantitative estimate of drug-likeness (QED) is 0.369. The maximum Gasteiger partial charge on any atom is 0.266 e. The highest BCUT2D eigenvalue weighted by molar-refractivity contribution is 8.26.